The molecule has 1 aliphatic heterocycles. The largest absolute Gasteiger partial charge is 0.381 e. The average molecular weight is 287 g/mol. The Balaban J connectivity index is 1.90. The Morgan fingerprint density at radius 2 is 1.88 bits per heavy atom. The lowest BCUT2D eigenvalue weighted by Gasteiger charge is -2.26. The quantitative estimate of drug-likeness (QED) is 0.772. The molecule has 0 saturated carbocycles. The highest BCUT2D eigenvalue weighted by Gasteiger charge is 2.21. The zero-order valence-corrected chi connectivity index (χ0v) is 10.7. The number of hydrogen-bond donors (Lipinski definition) is 0. The zero-order chi connectivity index (χ0) is 11.4. The molecule has 0 spiro atoms. The van der Waals surface area contributed by atoms with Crippen molar-refractivity contribution in [3.63, 3.8) is 0 Å². The van der Waals surface area contributed by atoms with E-state index in [4.69, 9.17) is 4.74 Å². The lowest BCUT2D eigenvalue weighted by atomic mass is 9.93. The Bertz CT molecular complexity index is 319. The molecule has 1 atom stereocenters. The summed E-state index contributed by atoms with van der Waals surface area (Å²) in [6.45, 7) is 1.74. The molecule has 88 valence electrons. The fourth-order valence-corrected chi connectivity index (χ4v) is 2.99. The van der Waals surface area contributed by atoms with E-state index < -0.39 is 0 Å². The van der Waals surface area contributed by atoms with Crippen LogP contribution in [-0.4, -0.2) is 18.0 Å². The SMILES string of the molecule is Fc1ccc(CC(Br)C2CCOCC2)cc1. The van der Waals surface area contributed by atoms with Crippen molar-refractivity contribution in [2.24, 2.45) is 5.92 Å². The van der Waals surface area contributed by atoms with Gasteiger partial charge in [-0.3, -0.25) is 0 Å². The van der Waals surface area contributed by atoms with Crippen LogP contribution in [0.3, 0.4) is 0 Å². The molecule has 16 heavy (non-hydrogen) atoms. The first kappa shape index (κ1) is 12.1. The maximum absolute atomic E-state index is 12.8. The van der Waals surface area contributed by atoms with Crippen molar-refractivity contribution in [3.8, 4) is 0 Å². The molecule has 1 saturated heterocycles. The minimum atomic E-state index is -0.166. The second kappa shape index (κ2) is 5.78. The Kier molecular flexibility index (Phi) is 4.36. The van der Waals surface area contributed by atoms with Gasteiger partial charge in [0.2, 0.25) is 0 Å². The van der Waals surface area contributed by atoms with Crippen LogP contribution < -0.4 is 0 Å². The lowest BCUT2D eigenvalue weighted by molar-refractivity contribution is 0.0662. The summed E-state index contributed by atoms with van der Waals surface area (Å²) in [6.07, 6.45) is 3.21. The second-order valence-electron chi connectivity index (χ2n) is 4.30. The fourth-order valence-electron chi connectivity index (χ4n) is 2.09. The first-order chi connectivity index (χ1) is 7.75. The Hall–Kier alpha value is -0.410. The van der Waals surface area contributed by atoms with E-state index in [1.54, 1.807) is 0 Å². The van der Waals surface area contributed by atoms with Crippen LogP contribution in [0.15, 0.2) is 24.3 Å². The summed E-state index contributed by atoms with van der Waals surface area (Å²) >= 11 is 3.75. The molecule has 0 aliphatic carbocycles. The van der Waals surface area contributed by atoms with Gasteiger partial charge >= 0.3 is 0 Å². The predicted molar refractivity (Wildman–Crippen MR) is 66.4 cm³/mol. The Labute approximate surface area is 104 Å². The molecule has 1 nitrogen and oxygen atoms in total. The molecular formula is C13H16BrFO. The highest BCUT2D eigenvalue weighted by atomic mass is 79.9. The van der Waals surface area contributed by atoms with Crippen LogP contribution in [0.2, 0.25) is 0 Å². The van der Waals surface area contributed by atoms with Gasteiger partial charge in [0.05, 0.1) is 0 Å². The summed E-state index contributed by atoms with van der Waals surface area (Å²) in [4.78, 5) is 0.474. The number of benzene rings is 1. The summed E-state index contributed by atoms with van der Waals surface area (Å²) in [5, 5.41) is 0. The highest BCUT2D eigenvalue weighted by Crippen LogP contribution is 2.26. The van der Waals surface area contributed by atoms with Crippen LogP contribution in [0.25, 0.3) is 0 Å². The van der Waals surface area contributed by atoms with E-state index in [0.717, 1.165) is 32.5 Å². The van der Waals surface area contributed by atoms with Gasteiger partial charge in [-0.2, -0.15) is 0 Å². The van der Waals surface area contributed by atoms with Crippen LogP contribution in [-0.2, 0) is 11.2 Å². The maximum Gasteiger partial charge on any atom is 0.123 e. The molecule has 1 aromatic carbocycles. The zero-order valence-electron chi connectivity index (χ0n) is 9.16. The van der Waals surface area contributed by atoms with Crippen LogP contribution in [0.5, 0.6) is 0 Å². The summed E-state index contributed by atoms with van der Waals surface area (Å²) in [5.41, 5.74) is 1.19. The van der Waals surface area contributed by atoms with Crippen molar-refractivity contribution in [2.75, 3.05) is 13.2 Å². The normalized spacial score (nSPS) is 19.6. The predicted octanol–water partition coefficient (Wildman–Crippen LogP) is 3.56. The minimum Gasteiger partial charge on any atom is -0.381 e. The van der Waals surface area contributed by atoms with E-state index in [-0.39, 0.29) is 5.82 Å². The summed E-state index contributed by atoms with van der Waals surface area (Å²) in [7, 11) is 0. The van der Waals surface area contributed by atoms with Gasteiger partial charge in [-0.1, -0.05) is 28.1 Å². The van der Waals surface area contributed by atoms with E-state index in [1.807, 2.05) is 12.1 Å². The van der Waals surface area contributed by atoms with Gasteiger partial charge in [0.25, 0.3) is 0 Å². The smallest absolute Gasteiger partial charge is 0.123 e. The van der Waals surface area contributed by atoms with Crippen molar-refractivity contribution < 1.29 is 9.13 Å². The van der Waals surface area contributed by atoms with Crippen molar-refractivity contribution in [1.29, 1.82) is 0 Å². The number of halogens is 2. The summed E-state index contributed by atoms with van der Waals surface area (Å²) in [6, 6.07) is 6.78. The standard InChI is InChI=1S/C13H16BrFO/c14-13(11-5-7-16-8-6-11)9-10-1-3-12(15)4-2-10/h1-4,11,13H,5-9H2. The summed E-state index contributed by atoms with van der Waals surface area (Å²) < 4.78 is 18.1. The second-order valence-corrected chi connectivity index (χ2v) is 5.47. The number of ether oxygens (including phenoxy) is 1. The van der Waals surface area contributed by atoms with Crippen LogP contribution in [0.1, 0.15) is 18.4 Å². The van der Waals surface area contributed by atoms with Crippen LogP contribution in [0, 0.1) is 11.7 Å². The molecule has 0 bridgehead atoms. The first-order valence-corrected chi connectivity index (χ1v) is 6.63. The molecule has 0 radical (unpaired) electrons. The third-order valence-electron chi connectivity index (χ3n) is 3.12. The molecule has 1 unspecified atom stereocenters. The monoisotopic (exact) mass is 286 g/mol. The Morgan fingerprint density at radius 3 is 2.50 bits per heavy atom. The van der Waals surface area contributed by atoms with Crippen LogP contribution in [0.4, 0.5) is 4.39 Å². The highest BCUT2D eigenvalue weighted by molar-refractivity contribution is 9.09. The molecule has 0 amide bonds. The molecular weight excluding hydrogens is 271 g/mol. The third-order valence-corrected chi connectivity index (χ3v) is 4.19. The van der Waals surface area contributed by atoms with E-state index in [0.29, 0.717) is 10.7 Å². The van der Waals surface area contributed by atoms with Gasteiger partial charge in [-0.05, 0) is 42.9 Å². The lowest BCUT2D eigenvalue weighted by Crippen LogP contribution is -2.24. The average Bonchev–Trinajstić information content (AvgIpc) is 2.33. The molecule has 0 aromatic heterocycles. The number of hydrogen-bond acceptors (Lipinski definition) is 1. The van der Waals surface area contributed by atoms with Crippen molar-refractivity contribution >= 4 is 15.9 Å². The van der Waals surface area contributed by atoms with Crippen molar-refractivity contribution in [3.05, 3.63) is 35.6 Å². The molecule has 2 rings (SSSR count). The molecule has 1 aromatic rings. The van der Waals surface area contributed by atoms with Gasteiger partial charge in [-0.25, -0.2) is 4.39 Å². The van der Waals surface area contributed by atoms with Gasteiger partial charge in [0, 0.05) is 18.0 Å². The fraction of sp³-hybridized carbons (Fsp3) is 0.538. The minimum absolute atomic E-state index is 0.166. The van der Waals surface area contributed by atoms with E-state index in [9.17, 15) is 4.39 Å². The Morgan fingerprint density at radius 1 is 1.25 bits per heavy atom. The third kappa shape index (κ3) is 3.29. The molecule has 1 fully saturated rings. The first-order valence-electron chi connectivity index (χ1n) is 5.72. The van der Waals surface area contributed by atoms with E-state index in [2.05, 4.69) is 15.9 Å². The van der Waals surface area contributed by atoms with Crippen molar-refractivity contribution in [2.45, 2.75) is 24.1 Å². The van der Waals surface area contributed by atoms with Gasteiger partial charge in [0.15, 0.2) is 0 Å². The topological polar surface area (TPSA) is 9.23 Å². The number of alkyl halides is 1. The van der Waals surface area contributed by atoms with Crippen molar-refractivity contribution in [1.82, 2.24) is 0 Å². The van der Waals surface area contributed by atoms with E-state index >= 15 is 0 Å². The maximum atomic E-state index is 12.8. The molecule has 3 heteroatoms. The number of rotatable bonds is 3. The van der Waals surface area contributed by atoms with Gasteiger partial charge < -0.3 is 4.74 Å². The molecule has 1 aliphatic rings. The van der Waals surface area contributed by atoms with E-state index in [1.165, 1.54) is 17.7 Å². The van der Waals surface area contributed by atoms with Gasteiger partial charge in [-0.15, -0.1) is 0 Å². The molecule has 1 heterocycles. The summed E-state index contributed by atoms with van der Waals surface area (Å²) in [5.74, 6) is 0.514. The van der Waals surface area contributed by atoms with Crippen LogP contribution >= 0.6 is 15.9 Å². The molecule has 0 N–H and O–H groups in total. The van der Waals surface area contributed by atoms with Gasteiger partial charge in [0.1, 0.15) is 5.82 Å².